The largest absolute Gasteiger partial charge is 0.480 e. The van der Waals surface area contributed by atoms with Gasteiger partial charge in [-0.05, 0) is 26.7 Å². The molecule has 1 aliphatic heterocycles. The molecule has 0 saturated carbocycles. The molecular formula is C12H17N3O3S. The van der Waals surface area contributed by atoms with Gasteiger partial charge in [0, 0.05) is 17.6 Å². The molecule has 0 radical (unpaired) electrons. The Hall–Kier alpha value is -1.63. The molecule has 19 heavy (non-hydrogen) atoms. The molecule has 2 atom stereocenters. The van der Waals surface area contributed by atoms with E-state index in [1.165, 1.54) is 16.2 Å². The molecule has 1 fully saturated rings. The van der Waals surface area contributed by atoms with E-state index >= 15 is 0 Å². The van der Waals surface area contributed by atoms with Crippen molar-refractivity contribution in [1.82, 2.24) is 15.2 Å². The van der Waals surface area contributed by atoms with Crippen molar-refractivity contribution in [2.75, 3.05) is 6.54 Å². The standard InChI is InChI=1S/C12H17N3O3S/c1-7-6-19-10(13-7)8(2)14-12(18)15-5-3-4-9(15)11(16)17/h6,8-9H,3-5H2,1-2H3,(H,14,18)(H,16,17). The van der Waals surface area contributed by atoms with E-state index in [-0.39, 0.29) is 12.1 Å². The van der Waals surface area contributed by atoms with Crippen molar-refractivity contribution in [3.8, 4) is 0 Å². The Morgan fingerprint density at radius 3 is 2.95 bits per heavy atom. The van der Waals surface area contributed by atoms with Crippen LogP contribution < -0.4 is 5.32 Å². The second-order valence-electron chi connectivity index (χ2n) is 4.69. The summed E-state index contributed by atoms with van der Waals surface area (Å²) in [5, 5.41) is 14.6. The van der Waals surface area contributed by atoms with Gasteiger partial charge in [-0.2, -0.15) is 0 Å². The maximum Gasteiger partial charge on any atom is 0.326 e. The highest BCUT2D eigenvalue weighted by Crippen LogP contribution is 2.21. The first kappa shape index (κ1) is 13.8. The number of hydrogen-bond donors (Lipinski definition) is 2. The lowest BCUT2D eigenvalue weighted by molar-refractivity contribution is -0.141. The maximum absolute atomic E-state index is 12.1. The third-order valence-electron chi connectivity index (χ3n) is 3.15. The topological polar surface area (TPSA) is 82.5 Å². The number of amides is 2. The molecule has 0 bridgehead atoms. The van der Waals surface area contributed by atoms with Crippen LogP contribution in [0.1, 0.15) is 36.5 Å². The first-order valence-electron chi connectivity index (χ1n) is 6.21. The van der Waals surface area contributed by atoms with Gasteiger partial charge in [0.15, 0.2) is 0 Å². The van der Waals surface area contributed by atoms with Crippen LogP contribution in [0.4, 0.5) is 4.79 Å². The van der Waals surface area contributed by atoms with E-state index in [0.717, 1.165) is 17.1 Å². The fourth-order valence-corrected chi connectivity index (χ4v) is 2.97. The van der Waals surface area contributed by atoms with Crippen molar-refractivity contribution in [2.45, 2.75) is 38.8 Å². The number of thiazole rings is 1. The molecule has 2 rings (SSSR count). The van der Waals surface area contributed by atoms with Gasteiger partial charge in [-0.25, -0.2) is 14.6 Å². The van der Waals surface area contributed by atoms with Gasteiger partial charge in [0.25, 0.3) is 0 Å². The number of carboxylic acids is 1. The van der Waals surface area contributed by atoms with Crippen molar-refractivity contribution < 1.29 is 14.7 Å². The number of aromatic nitrogens is 1. The van der Waals surface area contributed by atoms with Crippen LogP contribution in [0, 0.1) is 6.92 Å². The molecule has 104 valence electrons. The van der Waals surface area contributed by atoms with Gasteiger partial charge >= 0.3 is 12.0 Å². The normalized spacial score (nSPS) is 20.3. The molecule has 1 aliphatic rings. The highest BCUT2D eigenvalue weighted by Gasteiger charge is 2.34. The zero-order valence-corrected chi connectivity index (χ0v) is 11.7. The van der Waals surface area contributed by atoms with Crippen molar-refractivity contribution in [1.29, 1.82) is 0 Å². The quantitative estimate of drug-likeness (QED) is 0.885. The van der Waals surface area contributed by atoms with Gasteiger partial charge < -0.3 is 15.3 Å². The van der Waals surface area contributed by atoms with E-state index in [1.54, 1.807) is 0 Å². The van der Waals surface area contributed by atoms with Crippen LogP contribution in [-0.4, -0.2) is 39.6 Å². The lowest BCUT2D eigenvalue weighted by Gasteiger charge is -2.23. The fourth-order valence-electron chi connectivity index (χ4n) is 2.17. The first-order valence-corrected chi connectivity index (χ1v) is 7.09. The maximum atomic E-state index is 12.1. The minimum atomic E-state index is -0.939. The van der Waals surface area contributed by atoms with Crippen molar-refractivity contribution >= 4 is 23.3 Å². The van der Waals surface area contributed by atoms with Crippen LogP contribution >= 0.6 is 11.3 Å². The Labute approximate surface area is 115 Å². The number of likely N-dealkylation sites (tertiary alicyclic amines) is 1. The van der Waals surface area contributed by atoms with Crippen LogP contribution in [0.25, 0.3) is 0 Å². The number of aryl methyl sites for hydroxylation is 1. The van der Waals surface area contributed by atoms with Crippen molar-refractivity contribution in [3.63, 3.8) is 0 Å². The van der Waals surface area contributed by atoms with E-state index in [2.05, 4.69) is 10.3 Å². The molecule has 6 nitrogen and oxygen atoms in total. The second kappa shape index (κ2) is 5.56. The smallest absolute Gasteiger partial charge is 0.326 e. The van der Waals surface area contributed by atoms with Gasteiger partial charge in [-0.15, -0.1) is 11.3 Å². The number of urea groups is 1. The summed E-state index contributed by atoms with van der Waals surface area (Å²) in [4.78, 5) is 28.8. The third kappa shape index (κ3) is 3.04. The summed E-state index contributed by atoms with van der Waals surface area (Å²) >= 11 is 1.49. The van der Waals surface area contributed by atoms with Crippen LogP contribution in [0.3, 0.4) is 0 Å². The predicted octanol–water partition coefficient (Wildman–Crippen LogP) is 1.77. The average Bonchev–Trinajstić information content (AvgIpc) is 2.96. The van der Waals surface area contributed by atoms with E-state index in [0.29, 0.717) is 13.0 Å². The third-order valence-corrected chi connectivity index (χ3v) is 4.29. The minimum absolute atomic E-state index is 0.207. The zero-order chi connectivity index (χ0) is 14.0. The molecule has 2 unspecified atom stereocenters. The number of hydrogen-bond acceptors (Lipinski definition) is 4. The number of carbonyl (C=O) groups is 2. The van der Waals surface area contributed by atoms with E-state index in [9.17, 15) is 9.59 Å². The van der Waals surface area contributed by atoms with Gasteiger partial charge in [-0.1, -0.05) is 0 Å². The van der Waals surface area contributed by atoms with Gasteiger partial charge in [-0.3, -0.25) is 0 Å². The fraction of sp³-hybridized carbons (Fsp3) is 0.583. The number of nitrogens with one attached hydrogen (secondary N) is 1. The van der Waals surface area contributed by atoms with Crippen LogP contribution in [0.5, 0.6) is 0 Å². The van der Waals surface area contributed by atoms with Crippen LogP contribution in [-0.2, 0) is 4.79 Å². The summed E-state index contributed by atoms with van der Waals surface area (Å²) in [6.45, 7) is 4.24. The molecule has 0 aromatic carbocycles. The molecule has 2 heterocycles. The molecule has 7 heteroatoms. The number of carboxylic acid groups (broad SMARTS) is 1. The predicted molar refractivity (Wildman–Crippen MR) is 71.2 cm³/mol. The number of aliphatic carboxylic acids is 1. The summed E-state index contributed by atoms with van der Waals surface area (Å²) in [7, 11) is 0. The summed E-state index contributed by atoms with van der Waals surface area (Å²) in [5.41, 5.74) is 0.922. The summed E-state index contributed by atoms with van der Waals surface area (Å²) in [5.74, 6) is -0.939. The van der Waals surface area contributed by atoms with E-state index in [1.807, 2.05) is 19.2 Å². The lowest BCUT2D eigenvalue weighted by Crippen LogP contribution is -2.46. The summed E-state index contributed by atoms with van der Waals surface area (Å²) < 4.78 is 0. The second-order valence-corrected chi connectivity index (χ2v) is 5.58. The molecule has 2 N–H and O–H groups in total. The summed E-state index contributed by atoms with van der Waals surface area (Å²) in [6.07, 6.45) is 1.25. The average molecular weight is 283 g/mol. The Morgan fingerprint density at radius 1 is 1.63 bits per heavy atom. The number of nitrogens with zero attached hydrogens (tertiary/aromatic N) is 2. The Balaban J connectivity index is 1.99. The number of rotatable bonds is 3. The molecule has 1 aromatic heterocycles. The molecular weight excluding hydrogens is 266 g/mol. The summed E-state index contributed by atoms with van der Waals surface area (Å²) in [6, 6.07) is -1.24. The van der Waals surface area contributed by atoms with Gasteiger partial charge in [0.1, 0.15) is 11.0 Å². The minimum Gasteiger partial charge on any atom is -0.480 e. The Bertz CT molecular complexity index is 488. The first-order chi connectivity index (χ1) is 8.99. The molecule has 1 saturated heterocycles. The molecule has 1 aromatic rings. The van der Waals surface area contributed by atoms with Crippen LogP contribution in [0.2, 0.25) is 0 Å². The van der Waals surface area contributed by atoms with Crippen molar-refractivity contribution in [3.05, 3.63) is 16.1 Å². The molecule has 2 amide bonds. The van der Waals surface area contributed by atoms with Crippen LogP contribution in [0.15, 0.2) is 5.38 Å². The zero-order valence-electron chi connectivity index (χ0n) is 10.9. The monoisotopic (exact) mass is 283 g/mol. The highest BCUT2D eigenvalue weighted by atomic mass is 32.1. The van der Waals surface area contributed by atoms with Gasteiger partial charge in [0.05, 0.1) is 6.04 Å². The SMILES string of the molecule is Cc1csc(C(C)NC(=O)N2CCCC2C(=O)O)n1. The Morgan fingerprint density at radius 2 is 2.37 bits per heavy atom. The highest BCUT2D eigenvalue weighted by molar-refractivity contribution is 7.09. The lowest BCUT2D eigenvalue weighted by atomic mass is 10.2. The Kier molecular flexibility index (Phi) is 4.04. The molecule has 0 aliphatic carbocycles. The van der Waals surface area contributed by atoms with E-state index < -0.39 is 12.0 Å². The van der Waals surface area contributed by atoms with Gasteiger partial charge in [0.2, 0.25) is 0 Å². The van der Waals surface area contributed by atoms with Crippen molar-refractivity contribution in [2.24, 2.45) is 0 Å². The number of carbonyl (C=O) groups excluding carboxylic acids is 1. The van der Waals surface area contributed by atoms with E-state index in [4.69, 9.17) is 5.11 Å². The molecule has 0 spiro atoms.